The molecule has 0 fully saturated rings. The summed E-state index contributed by atoms with van der Waals surface area (Å²) < 4.78 is 0. The molecular weight excluding hydrogens is 188 g/mol. The van der Waals surface area contributed by atoms with E-state index in [1.165, 1.54) is 6.92 Å². The van der Waals surface area contributed by atoms with Gasteiger partial charge in [0.25, 0.3) is 0 Å². The van der Waals surface area contributed by atoms with Crippen molar-refractivity contribution in [2.24, 2.45) is 0 Å². The molecule has 0 aliphatic heterocycles. The van der Waals surface area contributed by atoms with Gasteiger partial charge in [0.15, 0.2) is 0 Å². The molecule has 0 saturated heterocycles. The predicted molar refractivity (Wildman–Crippen MR) is 55.0 cm³/mol. The fourth-order valence-electron chi connectivity index (χ4n) is 0.577. The van der Waals surface area contributed by atoms with Gasteiger partial charge in [0.1, 0.15) is 0 Å². The summed E-state index contributed by atoms with van der Waals surface area (Å²) in [4.78, 5) is 0. The Balaban J connectivity index is -0.000000177. The predicted octanol–water partition coefficient (Wildman–Crippen LogP) is -0.934. The molecule has 0 aliphatic carbocycles. The lowest BCUT2D eigenvalue weighted by Gasteiger charge is -1.93. The van der Waals surface area contributed by atoms with E-state index in [4.69, 9.17) is 20.4 Å². The minimum absolute atomic E-state index is 0. The van der Waals surface area contributed by atoms with E-state index in [9.17, 15) is 0 Å². The van der Waals surface area contributed by atoms with Gasteiger partial charge in [-0.15, -0.1) is 0 Å². The van der Waals surface area contributed by atoms with Crippen LogP contribution in [-0.2, 0) is 0 Å². The maximum Gasteiger partial charge on any atom is 0.0742 e. The average Bonchev–Trinajstić information content (AvgIpc) is 2.14. The quantitative estimate of drug-likeness (QED) is 0.426. The van der Waals surface area contributed by atoms with E-state index in [2.05, 4.69) is 0 Å². The maximum atomic E-state index is 8.30. The standard InChI is InChI=1S/C6H14O2.C3H8O2.H2O/c7-5-3-1-2-4-6-8;1-3(5)2-4;/h7-8H,1-6H2;3-5H,2H2,1H3;1H2. The van der Waals surface area contributed by atoms with Crippen molar-refractivity contribution in [1.82, 2.24) is 0 Å². The Morgan fingerprint density at radius 1 is 0.857 bits per heavy atom. The zero-order valence-electron chi connectivity index (χ0n) is 8.82. The third kappa shape index (κ3) is 29.8. The second-order valence-electron chi connectivity index (χ2n) is 2.89. The van der Waals surface area contributed by atoms with Crippen molar-refractivity contribution in [2.45, 2.75) is 38.7 Å². The van der Waals surface area contributed by atoms with Gasteiger partial charge in [-0.05, 0) is 19.8 Å². The van der Waals surface area contributed by atoms with Crippen LogP contribution in [-0.4, -0.2) is 51.8 Å². The van der Waals surface area contributed by atoms with Crippen molar-refractivity contribution in [2.75, 3.05) is 19.8 Å². The Hall–Kier alpha value is -0.200. The first kappa shape index (κ1) is 19.4. The molecule has 6 N–H and O–H groups in total. The number of aliphatic hydroxyl groups is 4. The molecule has 0 aromatic carbocycles. The molecule has 0 saturated carbocycles. The van der Waals surface area contributed by atoms with Crippen molar-refractivity contribution in [3.63, 3.8) is 0 Å². The minimum atomic E-state index is -0.560. The molecule has 5 heteroatoms. The SMILES string of the molecule is CC(O)CO.O.OCCCCCCO. The first-order chi connectivity index (χ1) is 6.18. The Morgan fingerprint density at radius 3 is 1.29 bits per heavy atom. The van der Waals surface area contributed by atoms with Gasteiger partial charge in [0.05, 0.1) is 12.7 Å². The Kier molecular flexibility index (Phi) is 25.7. The van der Waals surface area contributed by atoms with E-state index < -0.39 is 6.10 Å². The molecule has 5 nitrogen and oxygen atoms in total. The lowest BCUT2D eigenvalue weighted by atomic mass is 10.2. The van der Waals surface area contributed by atoms with Crippen molar-refractivity contribution in [3.8, 4) is 0 Å². The van der Waals surface area contributed by atoms with Crippen LogP contribution in [0.25, 0.3) is 0 Å². The zero-order chi connectivity index (χ0) is 10.5. The molecule has 0 amide bonds. The van der Waals surface area contributed by atoms with Gasteiger partial charge in [0.2, 0.25) is 0 Å². The van der Waals surface area contributed by atoms with Crippen LogP contribution in [0.3, 0.4) is 0 Å². The summed E-state index contributed by atoms with van der Waals surface area (Å²) in [5, 5.41) is 32.6. The number of unbranched alkanes of at least 4 members (excludes halogenated alkanes) is 3. The van der Waals surface area contributed by atoms with Crippen LogP contribution in [0.15, 0.2) is 0 Å². The summed E-state index contributed by atoms with van der Waals surface area (Å²) in [6.45, 7) is 1.96. The summed E-state index contributed by atoms with van der Waals surface area (Å²) in [5.41, 5.74) is 0. The summed E-state index contributed by atoms with van der Waals surface area (Å²) in [7, 11) is 0. The lowest BCUT2D eigenvalue weighted by Crippen LogP contribution is -2.03. The summed E-state index contributed by atoms with van der Waals surface area (Å²) >= 11 is 0. The summed E-state index contributed by atoms with van der Waals surface area (Å²) in [6.07, 6.45) is 3.27. The molecule has 0 spiro atoms. The lowest BCUT2D eigenvalue weighted by molar-refractivity contribution is 0.110. The van der Waals surface area contributed by atoms with Gasteiger partial charge in [-0.25, -0.2) is 0 Å². The van der Waals surface area contributed by atoms with Crippen molar-refractivity contribution < 1.29 is 25.9 Å². The van der Waals surface area contributed by atoms with Gasteiger partial charge in [-0.1, -0.05) is 12.8 Å². The smallest absolute Gasteiger partial charge is 0.0742 e. The second kappa shape index (κ2) is 18.6. The van der Waals surface area contributed by atoms with Crippen molar-refractivity contribution in [1.29, 1.82) is 0 Å². The fraction of sp³-hybridized carbons (Fsp3) is 1.00. The number of hydrogen-bond donors (Lipinski definition) is 4. The fourth-order valence-corrected chi connectivity index (χ4v) is 0.577. The van der Waals surface area contributed by atoms with Crippen molar-refractivity contribution in [3.05, 3.63) is 0 Å². The van der Waals surface area contributed by atoms with E-state index in [-0.39, 0.29) is 25.3 Å². The van der Waals surface area contributed by atoms with Crippen LogP contribution >= 0.6 is 0 Å². The highest BCUT2D eigenvalue weighted by molar-refractivity contribution is 4.39. The van der Waals surface area contributed by atoms with Gasteiger partial charge in [0, 0.05) is 13.2 Å². The largest absolute Gasteiger partial charge is 0.412 e. The average molecular weight is 212 g/mol. The van der Waals surface area contributed by atoms with Gasteiger partial charge in [-0.2, -0.15) is 0 Å². The van der Waals surface area contributed by atoms with Crippen LogP contribution in [0.5, 0.6) is 0 Å². The van der Waals surface area contributed by atoms with Gasteiger partial charge >= 0.3 is 0 Å². The molecule has 0 radical (unpaired) electrons. The van der Waals surface area contributed by atoms with E-state index in [1.807, 2.05) is 0 Å². The number of hydrogen-bond acceptors (Lipinski definition) is 4. The van der Waals surface area contributed by atoms with Crippen LogP contribution < -0.4 is 0 Å². The molecule has 0 heterocycles. The van der Waals surface area contributed by atoms with Crippen LogP contribution in [0.4, 0.5) is 0 Å². The van der Waals surface area contributed by atoms with E-state index in [1.54, 1.807) is 0 Å². The van der Waals surface area contributed by atoms with Gasteiger partial charge < -0.3 is 25.9 Å². The third-order valence-corrected chi connectivity index (χ3v) is 1.33. The molecule has 0 aliphatic rings. The molecule has 1 atom stereocenters. The van der Waals surface area contributed by atoms with Crippen LogP contribution in [0, 0.1) is 0 Å². The van der Waals surface area contributed by atoms with Gasteiger partial charge in [-0.3, -0.25) is 0 Å². The number of rotatable bonds is 6. The zero-order valence-corrected chi connectivity index (χ0v) is 8.82. The topological polar surface area (TPSA) is 112 Å². The van der Waals surface area contributed by atoms with Crippen LogP contribution in [0.2, 0.25) is 0 Å². The van der Waals surface area contributed by atoms with E-state index in [0.29, 0.717) is 0 Å². The Bertz CT molecular complexity index is 71.6. The highest BCUT2D eigenvalue weighted by Crippen LogP contribution is 1.96. The summed E-state index contributed by atoms with van der Waals surface area (Å²) in [6, 6.07) is 0. The second-order valence-corrected chi connectivity index (χ2v) is 2.89. The van der Waals surface area contributed by atoms with E-state index >= 15 is 0 Å². The monoisotopic (exact) mass is 212 g/mol. The first-order valence-corrected chi connectivity index (χ1v) is 4.69. The molecule has 90 valence electrons. The molecule has 0 aromatic rings. The molecular formula is C9H24O5. The minimum Gasteiger partial charge on any atom is -0.412 e. The molecule has 0 rings (SSSR count). The highest BCUT2D eigenvalue weighted by atomic mass is 16.3. The Labute approximate surface area is 85.3 Å². The maximum absolute atomic E-state index is 8.30. The molecule has 1 unspecified atom stereocenters. The van der Waals surface area contributed by atoms with E-state index in [0.717, 1.165) is 25.7 Å². The molecule has 0 bridgehead atoms. The highest BCUT2D eigenvalue weighted by Gasteiger charge is 1.84. The van der Waals surface area contributed by atoms with Crippen molar-refractivity contribution >= 4 is 0 Å². The normalized spacial score (nSPS) is 10.9. The molecule has 14 heavy (non-hydrogen) atoms. The number of aliphatic hydroxyl groups excluding tert-OH is 4. The third-order valence-electron chi connectivity index (χ3n) is 1.33. The Morgan fingerprint density at radius 2 is 1.14 bits per heavy atom. The van der Waals surface area contributed by atoms with Crippen LogP contribution in [0.1, 0.15) is 32.6 Å². The molecule has 0 aromatic heterocycles. The first-order valence-electron chi connectivity index (χ1n) is 4.69. The summed E-state index contributed by atoms with van der Waals surface area (Å²) in [5.74, 6) is 0.